The summed E-state index contributed by atoms with van der Waals surface area (Å²) >= 11 is 5.66. The lowest BCUT2D eigenvalue weighted by atomic mass is 10.3. The summed E-state index contributed by atoms with van der Waals surface area (Å²) in [7, 11) is 0. The van der Waals surface area contributed by atoms with Crippen molar-refractivity contribution >= 4 is 35.1 Å². The van der Waals surface area contributed by atoms with Crippen LogP contribution in [0.2, 0.25) is 5.02 Å². The molecule has 0 aliphatic carbocycles. The number of carbonyl (C=O) groups is 1. The van der Waals surface area contributed by atoms with Crippen LogP contribution in [0.25, 0.3) is 0 Å². The molecule has 1 unspecified atom stereocenters. The van der Waals surface area contributed by atoms with Crippen molar-refractivity contribution in [2.75, 3.05) is 22.5 Å². The summed E-state index contributed by atoms with van der Waals surface area (Å²) in [6, 6.07) is 4.92. The molecular weight excluding hydrogens is 337 g/mol. The van der Waals surface area contributed by atoms with Gasteiger partial charge in [0.2, 0.25) is 5.95 Å². The van der Waals surface area contributed by atoms with Gasteiger partial charge in [-0.2, -0.15) is 4.98 Å². The van der Waals surface area contributed by atoms with Crippen LogP contribution in [-0.2, 0) is 0 Å². The number of nitrogens with zero attached hydrogens (tertiary/aromatic N) is 2. The summed E-state index contributed by atoms with van der Waals surface area (Å²) in [6.45, 7) is 3.70. The van der Waals surface area contributed by atoms with E-state index in [2.05, 4.69) is 25.9 Å². The standard InChI is InChI=1S/C15H17ClFN5O2/c1-8-5-13(18-7-9(2)23)21-14(19-8)22-15(24)20-10-3-4-12(17)11(16)6-10/h3-6,9,23H,7H2,1-2H3,(H3,18,19,20,21,22,24). The second-order valence-electron chi connectivity index (χ2n) is 5.16. The van der Waals surface area contributed by atoms with Crippen molar-refractivity contribution in [2.45, 2.75) is 20.0 Å². The molecule has 0 spiro atoms. The Morgan fingerprint density at radius 2 is 2.08 bits per heavy atom. The molecule has 1 aromatic carbocycles. The first-order chi connectivity index (χ1) is 11.3. The zero-order valence-corrected chi connectivity index (χ0v) is 13.9. The minimum absolute atomic E-state index is 0.0915. The highest BCUT2D eigenvalue weighted by Gasteiger charge is 2.09. The summed E-state index contributed by atoms with van der Waals surface area (Å²) in [6.07, 6.45) is -0.539. The molecule has 0 aliphatic heterocycles. The van der Waals surface area contributed by atoms with E-state index in [1.807, 2.05) is 0 Å². The number of rotatable bonds is 5. The van der Waals surface area contributed by atoms with Crippen LogP contribution in [0, 0.1) is 12.7 Å². The monoisotopic (exact) mass is 353 g/mol. The van der Waals surface area contributed by atoms with Gasteiger partial charge in [0.1, 0.15) is 11.6 Å². The number of anilines is 3. The quantitative estimate of drug-likeness (QED) is 0.662. The highest BCUT2D eigenvalue weighted by molar-refractivity contribution is 6.31. The largest absolute Gasteiger partial charge is 0.392 e. The van der Waals surface area contributed by atoms with E-state index in [9.17, 15) is 14.3 Å². The average Bonchev–Trinajstić information content (AvgIpc) is 2.48. The number of aromatic nitrogens is 2. The van der Waals surface area contributed by atoms with Gasteiger partial charge in [-0.3, -0.25) is 5.32 Å². The third-order valence-electron chi connectivity index (χ3n) is 2.84. The van der Waals surface area contributed by atoms with E-state index >= 15 is 0 Å². The number of benzene rings is 1. The lowest BCUT2D eigenvalue weighted by Gasteiger charge is -2.11. The maximum absolute atomic E-state index is 13.1. The van der Waals surface area contributed by atoms with Gasteiger partial charge >= 0.3 is 6.03 Å². The second kappa shape index (κ2) is 7.89. The fourth-order valence-electron chi connectivity index (χ4n) is 1.81. The molecule has 0 saturated carbocycles. The van der Waals surface area contributed by atoms with E-state index in [1.54, 1.807) is 19.9 Å². The summed E-state index contributed by atoms with van der Waals surface area (Å²) in [5.41, 5.74) is 0.970. The lowest BCUT2D eigenvalue weighted by molar-refractivity contribution is 0.208. The van der Waals surface area contributed by atoms with E-state index < -0.39 is 18.0 Å². The number of aliphatic hydroxyl groups is 1. The third kappa shape index (κ3) is 5.32. The Hall–Kier alpha value is -2.45. The minimum Gasteiger partial charge on any atom is -0.392 e. The predicted molar refractivity (Wildman–Crippen MR) is 91.0 cm³/mol. The number of nitrogens with one attached hydrogen (secondary N) is 3. The van der Waals surface area contributed by atoms with Crippen molar-refractivity contribution < 1.29 is 14.3 Å². The summed E-state index contributed by atoms with van der Waals surface area (Å²) in [5.74, 6) is -0.00389. The number of hydrogen-bond acceptors (Lipinski definition) is 5. The Morgan fingerprint density at radius 3 is 2.75 bits per heavy atom. The van der Waals surface area contributed by atoms with Crippen molar-refractivity contribution in [2.24, 2.45) is 0 Å². The van der Waals surface area contributed by atoms with Gasteiger partial charge in [-0.1, -0.05) is 11.6 Å². The van der Waals surface area contributed by atoms with Gasteiger partial charge in [-0.25, -0.2) is 14.2 Å². The first-order valence-electron chi connectivity index (χ1n) is 7.14. The van der Waals surface area contributed by atoms with Crippen LogP contribution >= 0.6 is 11.6 Å². The number of carbonyl (C=O) groups excluding carboxylic acids is 1. The van der Waals surface area contributed by atoms with E-state index in [-0.39, 0.29) is 11.0 Å². The molecule has 2 amide bonds. The molecule has 7 nitrogen and oxygen atoms in total. The molecule has 2 aromatic rings. The number of aliphatic hydroxyl groups excluding tert-OH is 1. The van der Waals surface area contributed by atoms with E-state index in [0.717, 1.165) is 6.07 Å². The van der Waals surface area contributed by atoms with Gasteiger partial charge in [-0.05, 0) is 32.0 Å². The van der Waals surface area contributed by atoms with Crippen LogP contribution in [0.15, 0.2) is 24.3 Å². The highest BCUT2D eigenvalue weighted by atomic mass is 35.5. The minimum atomic E-state index is -0.593. The van der Waals surface area contributed by atoms with Crippen molar-refractivity contribution in [3.8, 4) is 0 Å². The van der Waals surface area contributed by atoms with Gasteiger partial charge in [-0.15, -0.1) is 0 Å². The Morgan fingerprint density at radius 1 is 1.33 bits per heavy atom. The first kappa shape index (κ1) is 17.9. The molecule has 0 aliphatic rings. The lowest BCUT2D eigenvalue weighted by Crippen LogP contribution is -2.22. The number of hydrogen-bond donors (Lipinski definition) is 4. The zero-order valence-electron chi connectivity index (χ0n) is 13.1. The van der Waals surface area contributed by atoms with Crippen LogP contribution in [0.3, 0.4) is 0 Å². The molecule has 1 atom stereocenters. The smallest absolute Gasteiger partial charge is 0.326 e. The van der Waals surface area contributed by atoms with E-state index in [0.29, 0.717) is 23.7 Å². The molecule has 4 N–H and O–H groups in total. The predicted octanol–water partition coefficient (Wildman–Crippen LogP) is 3.01. The summed E-state index contributed by atoms with van der Waals surface area (Å²) in [5, 5.41) is 17.1. The summed E-state index contributed by atoms with van der Waals surface area (Å²) in [4.78, 5) is 20.2. The van der Waals surface area contributed by atoms with Crippen molar-refractivity contribution in [1.29, 1.82) is 0 Å². The molecule has 24 heavy (non-hydrogen) atoms. The number of halogens is 2. The molecular formula is C15H17ClFN5O2. The molecule has 0 radical (unpaired) electrons. The van der Waals surface area contributed by atoms with Gasteiger partial charge in [0.15, 0.2) is 0 Å². The van der Waals surface area contributed by atoms with Crippen LogP contribution < -0.4 is 16.0 Å². The Labute approximate surface area is 143 Å². The zero-order chi connectivity index (χ0) is 17.7. The number of aryl methyl sites for hydroxylation is 1. The van der Waals surface area contributed by atoms with Crippen molar-refractivity contribution in [3.05, 3.63) is 40.8 Å². The van der Waals surface area contributed by atoms with Crippen molar-refractivity contribution in [1.82, 2.24) is 9.97 Å². The van der Waals surface area contributed by atoms with Crippen LogP contribution in [0.1, 0.15) is 12.6 Å². The number of urea groups is 1. The normalized spacial score (nSPS) is 11.7. The first-order valence-corrected chi connectivity index (χ1v) is 7.52. The van der Waals surface area contributed by atoms with Gasteiger partial charge in [0.05, 0.1) is 11.1 Å². The van der Waals surface area contributed by atoms with Crippen LogP contribution in [0.4, 0.5) is 26.6 Å². The molecule has 2 rings (SSSR count). The Kier molecular flexibility index (Phi) is 5.88. The number of amides is 2. The highest BCUT2D eigenvalue weighted by Crippen LogP contribution is 2.19. The molecule has 128 valence electrons. The maximum Gasteiger partial charge on any atom is 0.326 e. The molecule has 9 heteroatoms. The SMILES string of the molecule is Cc1cc(NCC(C)O)nc(NC(=O)Nc2ccc(F)c(Cl)c2)n1. The fraction of sp³-hybridized carbons (Fsp3) is 0.267. The molecule has 0 fully saturated rings. The van der Waals surface area contributed by atoms with Crippen LogP contribution in [-0.4, -0.2) is 33.8 Å². The van der Waals surface area contributed by atoms with Crippen LogP contribution in [0.5, 0.6) is 0 Å². The average molecular weight is 354 g/mol. The Balaban J connectivity index is 2.03. The summed E-state index contributed by atoms with van der Waals surface area (Å²) < 4.78 is 13.1. The second-order valence-corrected chi connectivity index (χ2v) is 5.56. The van der Waals surface area contributed by atoms with Gasteiger partial charge < -0.3 is 15.7 Å². The maximum atomic E-state index is 13.1. The van der Waals surface area contributed by atoms with E-state index in [4.69, 9.17) is 11.6 Å². The van der Waals surface area contributed by atoms with Gasteiger partial charge in [0.25, 0.3) is 0 Å². The molecule has 1 heterocycles. The fourth-order valence-corrected chi connectivity index (χ4v) is 1.99. The molecule has 1 aromatic heterocycles. The van der Waals surface area contributed by atoms with E-state index in [1.165, 1.54) is 12.1 Å². The third-order valence-corrected chi connectivity index (χ3v) is 3.13. The molecule has 0 bridgehead atoms. The van der Waals surface area contributed by atoms with Crippen molar-refractivity contribution in [3.63, 3.8) is 0 Å². The molecule has 0 saturated heterocycles. The Bertz CT molecular complexity index is 742. The van der Waals surface area contributed by atoms with Gasteiger partial charge in [0, 0.05) is 24.0 Å². The topological polar surface area (TPSA) is 99.2 Å².